The molecule has 1 saturated carbocycles. The van der Waals surface area contributed by atoms with Gasteiger partial charge in [-0.2, -0.15) is 0 Å². The van der Waals surface area contributed by atoms with Crippen LogP contribution in [0.2, 0.25) is 0 Å². The molecule has 9 nitrogen and oxygen atoms in total. The molecule has 9 rings (SSSR count). The highest BCUT2D eigenvalue weighted by Crippen LogP contribution is 2.46. The molecule has 3 amide bonds. The molecule has 0 unspecified atom stereocenters. The van der Waals surface area contributed by atoms with Gasteiger partial charge in [-0.05, 0) is 121 Å². The lowest BCUT2D eigenvalue weighted by Crippen LogP contribution is -2.52. The number of phenols is 1. The summed E-state index contributed by atoms with van der Waals surface area (Å²) in [5.74, 6) is 2.32. The quantitative estimate of drug-likeness (QED) is 0.257. The minimum Gasteiger partial charge on any atom is -0.508 e. The first-order chi connectivity index (χ1) is 26.4. The number of phenolic OH excluding ortho intramolecular Hbond substituents is 1. The number of aryl methyl sites for hydroxylation is 1. The van der Waals surface area contributed by atoms with Crippen LogP contribution >= 0.6 is 0 Å². The molecule has 4 fully saturated rings. The zero-order valence-corrected chi connectivity index (χ0v) is 31.6. The lowest BCUT2D eigenvalue weighted by Gasteiger charge is -2.40. The minimum absolute atomic E-state index is 0.116. The van der Waals surface area contributed by atoms with E-state index in [1.165, 1.54) is 73.7 Å². The topological polar surface area (TPSA) is 96.4 Å². The van der Waals surface area contributed by atoms with Crippen LogP contribution in [0.1, 0.15) is 103 Å². The number of amides is 3. The van der Waals surface area contributed by atoms with E-state index in [9.17, 15) is 19.5 Å². The summed E-state index contributed by atoms with van der Waals surface area (Å²) in [5.41, 5.74) is 8.32. The van der Waals surface area contributed by atoms with Gasteiger partial charge in [0, 0.05) is 81.6 Å². The SMILES string of the molecule is O=C1CC[C@H](N2Cc3cc(N4CCN(CC5CCN(c6ccc([C@H]7c8ccc(O)cc8CC[C@H]7CC7CCCC7)cc6)CC5)CC4)ccc3C2=O)C(=O)N1. The second kappa shape index (κ2) is 15.0. The molecule has 3 aromatic carbocycles. The fourth-order valence-electron chi connectivity index (χ4n) is 10.8. The van der Waals surface area contributed by atoms with Crippen LogP contribution in [0.4, 0.5) is 11.4 Å². The summed E-state index contributed by atoms with van der Waals surface area (Å²) >= 11 is 0. The molecule has 54 heavy (non-hydrogen) atoms. The van der Waals surface area contributed by atoms with Crippen molar-refractivity contribution in [1.29, 1.82) is 0 Å². The predicted molar refractivity (Wildman–Crippen MR) is 211 cm³/mol. The number of carbonyl (C=O) groups excluding carboxylic acids is 3. The second-order valence-electron chi connectivity index (χ2n) is 17.1. The Bertz CT molecular complexity index is 1870. The number of imide groups is 1. The van der Waals surface area contributed by atoms with E-state index in [1.54, 1.807) is 4.90 Å². The summed E-state index contributed by atoms with van der Waals surface area (Å²) in [6, 6.07) is 21.2. The van der Waals surface area contributed by atoms with Crippen molar-refractivity contribution in [3.05, 3.63) is 88.5 Å². The Hall–Kier alpha value is -4.37. The van der Waals surface area contributed by atoms with Crippen molar-refractivity contribution in [1.82, 2.24) is 15.1 Å². The summed E-state index contributed by atoms with van der Waals surface area (Å²) in [7, 11) is 0. The van der Waals surface area contributed by atoms with E-state index in [1.807, 2.05) is 18.2 Å². The Balaban J connectivity index is 0.768. The lowest BCUT2D eigenvalue weighted by molar-refractivity contribution is -0.136. The molecule has 3 saturated heterocycles. The summed E-state index contributed by atoms with van der Waals surface area (Å²) in [5, 5.41) is 12.6. The number of anilines is 2. The van der Waals surface area contributed by atoms with Crippen LogP contribution in [0.3, 0.4) is 0 Å². The fraction of sp³-hybridized carbons (Fsp3) is 0.533. The van der Waals surface area contributed by atoms with Crippen LogP contribution in [-0.4, -0.2) is 84.5 Å². The third kappa shape index (κ3) is 7.12. The number of nitrogens with zero attached hydrogens (tertiary/aromatic N) is 4. The Morgan fingerprint density at radius 2 is 1.43 bits per heavy atom. The molecule has 2 aliphatic carbocycles. The van der Waals surface area contributed by atoms with E-state index >= 15 is 0 Å². The number of aromatic hydroxyl groups is 1. The number of fused-ring (bicyclic) bond motifs is 2. The van der Waals surface area contributed by atoms with E-state index in [2.05, 4.69) is 62.5 Å². The molecule has 0 spiro atoms. The van der Waals surface area contributed by atoms with Gasteiger partial charge in [0.15, 0.2) is 0 Å². The molecule has 0 radical (unpaired) electrons. The molecule has 2 N–H and O–H groups in total. The summed E-state index contributed by atoms with van der Waals surface area (Å²) in [4.78, 5) is 46.5. The number of rotatable bonds is 8. The molecule has 4 aliphatic heterocycles. The van der Waals surface area contributed by atoms with Gasteiger partial charge < -0.3 is 19.8 Å². The van der Waals surface area contributed by atoms with Gasteiger partial charge in [-0.15, -0.1) is 0 Å². The van der Waals surface area contributed by atoms with Crippen LogP contribution in [-0.2, 0) is 22.6 Å². The highest BCUT2D eigenvalue weighted by atomic mass is 16.3. The van der Waals surface area contributed by atoms with Crippen molar-refractivity contribution in [2.75, 3.05) is 55.6 Å². The number of carbonyl (C=O) groups is 3. The van der Waals surface area contributed by atoms with Crippen molar-refractivity contribution in [3.63, 3.8) is 0 Å². The molecule has 284 valence electrons. The minimum atomic E-state index is -0.580. The number of hydrogen-bond acceptors (Lipinski definition) is 7. The normalized spacial score (nSPS) is 25.6. The maximum Gasteiger partial charge on any atom is 0.255 e. The monoisotopic (exact) mass is 729 g/mol. The Morgan fingerprint density at radius 1 is 0.685 bits per heavy atom. The van der Waals surface area contributed by atoms with Gasteiger partial charge in [0.05, 0.1) is 0 Å². The third-order valence-electron chi connectivity index (χ3n) is 13.8. The summed E-state index contributed by atoms with van der Waals surface area (Å²) in [6.07, 6.45) is 12.3. The lowest BCUT2D eigenvalue weighted by atomic mass is 9.69. The Morgan fingerprint density at radius 3 is 2.19 bits per heavy atom. The van der Waals surface area contributed by atoms with Gasteiger partial charge in [0.25, 0.3) is 5.91 Å². The number of hydrogen-bond donors (Lipinski definition) is 2. The summed E-state index contributed by atoms with van der Waals surface area (Å²) in [6.45, 7) is 7.76. The van der Waals surface area contributed by atoms with Crippen LogP contribution in [0.25, 0.3) is 0 Å². The molecular weight excluding hydrogens is 675 g/mol. The van der Waals surface area contributed by atoms with E-state index in [0.29, 0.717) is 42.0 Å². The van der Waals surface area contributed by atoms with Crippen molar-refractivity contribution >= 4 is 29.1 Å². The van der Waals surface area contributed by atoms with E-state index in [4.69, 9.17) is 0 Å². The maximum atomic E-state index is 13.2. The van der Waals surface area contributed by atoms with Gasteiger partial charge in [-0.1, -0.05) is 43.9 Å². The first-order valence-corrected chi connectivity index (χ1v) is 20.8. The second-order valence-corrected chi connectivity index (χ2v) is 17.1. The van der Waals surface area contributed by atoms with Crippen LogP contribution in [0.15, 0.2) is 60.7 Å². The molecule has 6 aliphatic rings. The van der Waals surface area contributed by atoms with E-state index < -0.39 is 6.04 Å². The van der Waals surface area contributed by atoms with Gasteiger partial charge >= 0.3 is 0 Å². The van der Waals surface area contributed by atoms with Crippen molar-refractivity contribution in [3.8, 4) is 5.75 Å². The van der Waals surface area contributed by atoms with Crippen LogP contribution in [0, 0.1) is 17.8 Å². The first kappa shape index (κ1) is 35.3. The molecule has 3 atom stereocenters. The highest BCUT2D eigenvalue weighted by molar-refractivity contribution is 6.05. The van der Waals surface area contributed by atoms with Gasteiger partial charge in [-0.3, -0.25) is 24.6 Å². The third-order valence-corrected chi connectivity index (χ3v) is 13.8. The van der Waals surface area contributed by atoms with Gasteiger partial charge in [-0.25, -0.2) is 0 Å². The van der Waals surface area contributed by atoms with Crippen molar-refractivity contribution in [2.24, 2.45) is 17.8 Å². The average Bonchev–Trinajstić information content (AvgIpc) is 3.82. The van der Waals surface area contributed by atoms with Crippen molar-refractivity contribution < 1.29 is 19.5 Å². The zero-order chi connectivity index (χ0) is 36.8. The standard InChI is InChI=1S/C45H55N5O4/c51-38-12-14-39-33(27-38)5-6-34(25-30-3-1-2-4-30)43(39)32-7-9-36(10-8-32)48-19-17-31(18-20-48)28-47-21-23-49(24-22-47)37-11-13-40-35(26-37)29-50(45(40)54)41-15-16-42(52)46-44(41)53/h7-14,26-27,30-31,34,41,43,51H,1-6,15-25,28-29H2,(H,46,52,53)/t34-,41-,43+/m0/s1. The number of benzene rings is 3. The Labute approximate surface area is 319 Å². The molecule has 0 aromatic heterocycles. The molecular formula is C45H55N5O4. The predicted octanol–water partition coefficient (Wildman–Crippen LogP) is 6.47. The van der Waals surface area contributed by atoms with E-state index in [-0.39, 0.29) is 24.1 Å². The molecule has 0 bridgehead atoms. The summed E-state index contributed by atoms with van der Waals surface area (Å²) < 4.78 is 0. The number of piperidine rings is 2. The molecule has 9 heteroatoms. The van der Waals surface area contributed by atoms with Gasteiger partial charge in [0.2, 0.25) is 11.8 Å². The Kier molecular flexibility index (Phi) is 9.85. The zero-order valence-electron chi connectivity index (χ0n) is 31.6. The van der Waals surface area contributed by atoms with E-state index in [0.717, 1.165) is 69.4 Å². The first-order valence-electron chi connectivity index (χ1n) is 20.8. The fourth-order valence-corrected chi connectivity index (χ4v) is 10.8. The average molecular weight is 730 g/mol. The molecule has 3 aromatic rings. The van der Waals surface area contributed by atoms with Gasteiger partial charge in [0.1, 0.15) is 11.8 Å². The smallest absolute Gasteiger partial charge is 0.255 e. The maximum absolute atomic E-state index is 13.2. The van der Waals surface area contributed by atoms with Crippen LogP contribution in [0.5, 0.6) is 5.75 Å². The highest BCUT2D eigenvalue weighted by Gasteiger charge is 2.39. The van der Waals surface area contributed by atoms with Crippen molar-refractivity contribution in [2.45, 2.75) is 89.1 Å². The molecule has 4 heterocycles. The number of nitrogens with one attached hydrogen (secondary N) is 1. The largest absolute Gasteiger partial charge is 0.508 e. The van der Waals surface area contributed by atoms with Crippen LogP contribution < -0.4 is 15.1 Å². The number of piperazine rings is 1.